The predicted molar refractivity (Wildman–Crippen MR) is 102 cm³/mol. The van der Waals surface area contributed by atoms with Gasteiger partial charge in [-0.05, 0) is 51.6 Å². The molecule has 0 saturated carbocycles. The first-order chi connectivity index (χ1) is 12.3. The molecule has 7 heteroatoms. The highest BCUT2D eigenvalue weighted by atomic mass is 16.7. The summed E-state index contributed by atoms with van der Waals surface area (Å²) in [7, 11) is -0.350. The summed E-state index contributed by atoms with van der Waals surface area (Å²) in [6.07, 6.45) is 5.11. The van der Waals surface area contributed by atoms with Crippen LogP contribution in [0, 0.1) is 0 Å². The molecular weight excluding hydrogens is 329 g/mol. The first kappa shape index (κ1) is 17.6. The van der Waals surface area contributed by atoms with Crippen LogP contribution in [0.5, 0.6) is 0 Å². The van der Waals surface area contributed by atoms with Gasteiger partial charge in [-0.1, -0.05) is 24.3 Å². The first-order valence-electron chi connectivity index (χ1n) is 9.22. The third-order valence-corrected chi connectivity index (χ3v) is 5.80. The van der Waals surface area contributed by atoms with Gasteiger partial charge in [-0.2, -0.15) is 9.89 Å². The number of aliphatic hydroxyl groups is 1. The van der Waals surface area contributed by atoms with Gasteiger partial charge in [0, 0.05) is 12.1 Å². The van der Waals surface area contributed by atoms with Crippen LogP contribution in [0.15, 0.2) is 36.7 Å². The van der Waals surface area contributed by atoms with Crippen LogP contribution in [0.4, 0.5) is 0 Å². The summed E-state index contributed by atoms with van der Waals surface area (Å²) in [6, 6.07) is 8.20. The van der Waals surface area contributed by atoms with Crippen molar-refractivity contribution in [3.8, 4) is 11.1 Å². The number of nitrogens with zero attached hydrogens (tertiary/aromatic N) is 3. The molecule has 0 unspecified atom stereocenters. The second kappa shape index (κ2) is 6.11. The van der Waals surface area contributed by atoms with Crippen LogP contribution in [0.25, 0.3) is 11.1 Å². The number of aliphatic hydroxyl groups excluding tert-OH is 1. The predicted octanol–water partition coefficient (Wildman–Crippen LogP) is 1.90. The molecule has 6 nitrogen and oxygen atoms in total. The van der Waals surface area contributed by atoms with Crippen molar-refractivity contribution in [2.75, 3.05) is 11.6 Å². The van der Waals surface area contributed by atoms with Crippen molar-refractivity contribution in [3.05, 3.63) is 36.7 Å². The Hall–Kier alpha value is -1.83. The Bertz CT molecular complexity index is 772. The smallest absolute Gasteiger partial charge is 0.399 e. The van der Waals surface area contributed by atoms with E-state index in [1.165, 1.54) is 0 Å². The van der Waals surface area contributed by atoms with Crippen molar-refractivity contribution in [1.29, 1.82) is 0 Å². The zero-order valence-corrected chi connectivity index (χ0v) is 15.8. The molecule has 1 aromatic carbocycles. The molecule has 4 rings (SSSR count). The monoisotopic (exact) mass is 355 g/mol. The van der Waals surface area contributed by atoms with Gasteiger partial charge in [-0.25, -0.2) is 0 Å². The molecule has 0 amide bonds. The molecule has 0 spiro atoms. The summed E-state index contributed by atoms with van der Waals surface area (Å²) in [4.78, 5) is 1.75. The van der Waals surface area contributed by atoms with Crippen LogP contribution in [-0.2, 0) is 9.31 Å². The average molecular weight is 355 g/mol. The van der Waals surface area contributed by atoms with E-state index in [9.17, 15) is 5.11 Å². The summed E-state index contributed by atoms with van der Waals surface area (Å²) in [5, 5.41) is 16.3. The minimum atomic E-state index is -0.450. The third-order valence-electron chi connectivity index (χ3n) is 5.80. The van der Waals surface area contributed by atoms with Crippen molar-refractivity contribution in [1.82, 2.24) is 9.89 Å². The average Bonchev–Trinajstić information content (AvgIpc) is 3.26. The number of benzene rings is 1. The highest BCUT2D eigenvalue weighted by molar-refractivity contribution is 6.62. The second-order valence-electron chi connectivity index (χ2n) is 8.15. The SMILES string of the molecule is CC1(C)OB(c2ccc(-c3cnn(N4CCC[C@@H]4O)c3)cc2)OC1(C)C. The van der Waals surface area contributed by atoms with Gasteiger partial charge in [0.05, 0.1) is 23.6 Å². The molecular formula is C19H26BN3O3. The number of aromatic nitrogens is 2. The van der Waals surface area contributed by atoms with Gasteiger partial charge >= 0.3 is 7.12 Å². The van der Waals surface area contributed by atoms with E-state index >= 15 is 0 Å². The topological polar surface area (TPSA) is 59.8 Å². The molecule has 1 atom stereocenters. The maximum Gasteiger partial charge on any atom is 0.494 e. The van der Waals surface area contributed by atoms with Crippen molar-refractivity contribution < 1.29 is 14.4 Å². The van der Waals surface area contributed by atoms with E-state index in [0.29, 0.717) is 0 Å². The largest absolute Gasteiger partial charge is 0.494 e. The van der Waals surface area contributed by atoms with Gasteiger partial charge in [0.15, 0.2) is 0 Å². The molecule has 2 saturated heterocycles. The normalized spacial score (nSPS) is 24.4. The Morgan fingerprint density at radius 2 is 1.73 bits per heavy atom. The van der Waals surface area contributed by atoms with Gasteiger partial charge in [0.2, 0.25) is 0 Å². The summed E-state index contributed by atoms with van der Waals surface area (Å²) in [5.41, 5.74) is 2.42. The van der Waals surface area contributed by atoms with E-state index in [2.05, 4.69) is 44.9 Å². The summed E-state index contributed by atoms with van der Waals surface area (Å²) in [5.74, 6) is 0. The fraction of sp³-hybridized carbons (Fsp3) is 0.526. The van der Waals surface area contributed by atoms with Crippen molar-refractivity contribution in [2.45, 2.75) is 58.0 Å². The van der Waals surface area contributed by atoms with Gasteiger partial charge < -0.3 is 14.4 Å². The Morgan fingerprint density at radius 1 is 1.08 bits per heavy atom. The number of hydrogen-bond donors (Lipinski definition) is 1. The highest BCUT2D eigenvalue weighted by Gasteiger charge is 2.51. The maximum atomic E-state index is 10.0. The molecule has 138 valence electrons. The molecule has 26 heavy (non-hydrogen) atoms. The molecule has 0 aliphatic carbocycles. The van der Waals surface area contributed by atoms with E-state index in [4.69, 9.17) is 9.31 Å². The number of rotatable bonds is 3. The van der Waals surface area contributed by atoms with E-state index in [-0.39, 0.29) is 18.3 Å². The van der Waals surface area contributed by atoms with Crippen molar-refractivity contribution in [3.63, 3.8) is 0 Å². The zero-order valence-electron chi connectivity index (χ0n) is 15.8. The van der Waals surface area contributed by atoms with E-state index in [1.807, 2.05) is 29.5 Å². The van der Waals surface area contributed by atoms with Crippen LogP contribution < -0.4 is 10.5 Å². The van der Waals surface area contributed by atoms with Crippen LogP contribution in [0.3, 0.4) is 0 Å². The van der Waals surface area contributed by atoms with E-state index in [1.54, 1.807) is 4.79 Å². The molecule has 0 radical (unpaired) electrons. The fourth-order valence-electron chi connectivity index (χ4n) is 3.39. The molecule has 2 aromatic rings. The van der Waals surface area contributed by atoms with Crippen molar-refractivity contribution in [2.24, 2.45) is 0 Å². The summed E-state index contributed by atoms with van der Waals surface area (Å²) >= 11 is 0. The highest BCUT2D eigenvalue weighted by Crippen LogP contribution is 2.36. The Kier molecular flexibility index (Phi) is 4.13. The fourth-order valence-corrected chi connectivity index (χ4v) is 3.39. The van der Waals surface area contributed by atoms with Gasteiger partial charge in [-0.3, -0.25) is 5.01 Å². The standard InChI is InChI=1S/C19H26BN3O3/c1-18(2)19(3,4)26-20(25-18)16-9-7-14(8-10-16)15-12-21-23(13-15)22-11-5-6-17(22)24/h7-10,12-13,17,24H,5-6,11H2,1-4H3/t17-/m0/s1. The Balaban J connectivity index is 1.51. The Labute approximate surface area is 154 Å². The minimum Gasteiger partial charge on any atom is -0.399 e. The van der Waals surface area contributed by atoms with Gasteiger partial charge in [0.25, 0.3) is 0 Å². The molecule has 2 aliphatic heterocycles. The van der Waals surface area contributed by atoms with E-state index in [0.717, 1.165) is 36.0 Å². The van der Waals surface area contributed by atoms with E-state index < -0.39 is 6.23 Å². The van der Waals surface area contributed by atoms with Gasteiger partial charge in [0.1, 0.15) is 6.23 Å². The first-order valence-corrected chi connectivity index (χ1v) is 9.22. The lowest BCUT2D eigenvalue weighted by Crippen LogP contribution is -2.41. The Morgan fingerprint density at radius 3 is 2.31 bits per heavy atom. The number of hydrogen-bond acceptors (Lipinski definition) is 5. The van der Waals surface area contributed by atoms with Crippen LogP contribution in [0.2, 0.25) is 0 Å². The third kappa shape index (κ3) is 2.94. The zero-order chi connectivity index (χ0) is 18.5. The minimum absolute atomic E-state index is 0.339. The lowest BCUT2D eigenvalue weighted by Gasteiger charge is -2.32. The van der Waals surface area contributed by atoms with Crippen LogP contribution >= 0.6 is 0 Å². The van der Waals surface area contributed by atoms with Crippen LogP contribution in [0.1, 0.15) is 40.5 Å². The molecule has 1 aromatic heterocycles. The molecule has 2 fully saturated rings. The summed E-state index contributed by atoms with van der Waals surface area (Å²) < 4.78 is 12.2. The van der Waals surface area contributed by atoms with Gasteiger partial charge in [-0.15, -0.1) is 0 Å². The molecule has 0 bridgehead atoms. The molecule has 2 aliphatic rings. The quantitative estimate of drug-likeness (QED) is 0.853. The lowest BCUT2D eigenvalue weighted by atomic mass is 9.78. The lowest BCUT2D eigenvalue weighted by molar-refractivity contribution is 0.00578. The molecule has 3 heterocycles. The van der Waals surface area contributed by atoms with Crippen LogP contribution in [-0.4, -0.2) is 46.1 Å². The maximum absolute atomic E-state index is 10.0. The summed E-state index contributed by atoms with van der Waals surface area (Å²) in [6.45, 7) is 9.05. The second-order valence-corrected chi connectivity index (χ2v) is 8.15. The van der Waals surface area contributed by atoms with Crippen molar-refractivity contribution >= 4 is 12.6 Å². The molecule has 1 N–H and O–H groups in total.